The number of hydrogen-bond donors (Lipinski definition) is 4. The first-order valence-corrected chi connectivity index (χ1v) is 10.2. The van der Waals surface area contributed by atoms with Gasteiger partial charge in [-0.3, -0.25) is 0 Å². The number of aliphatic hydroxyl groups is 3. The van der Waals surface area contributed by atoms with Gasteiger partial charge in [-0.1, -0.05) is 17.0 Å². The Morgan fingerprint density at radius 3 is 2.71 bits per heavy atom. The zero-order chi connectivity index (χ0) is 22.0. The van der Waals surface area contributed by atoms with E-state index < -0.39 is 11.7 Å². The average molecular weight is 422 g/mol. The van der Waals surface area contributed by atoms with Gasteiger partial charge >= 0.3 is 0 Å². The van der Waals surface area contributed by atoms with Gasteiger partial charge in [0.05, 0.1) is 18.2 Å². The summed E-state index contributed by atoms with van der Waals surface area (Å²) in [7, 11) is 0. The fourth-order valence-corrected chi connectivity index (χ4v) is 3.86. The summed E-state index contributed by atoms with van der Waals surface area (Å²) in [6, 6.07) is 9.18. The first kappa shape index (κ1) is 21.3. The summed E-state index contributed by atoms with van der Waals surface area (Å²) < 4.78 is 7.35. The Morgan fingerprint density at radius 2 is 2.06 bits per heavy atom. The topological polar surface area (TPSA) is 131 Å². The van der Waals surface area contributed by atoms with Crippen LogP contribution in [-0.2, 0) is 0 Å². The van der Waals surface area contributed by atoms with E-state index in [4.69, 9.17) is 15.4 Å². The molecule has 1 aliphatic rings. The van der Waals surface area contributed by atoms with Crippen LogP contribution < -0.4 is 5.73 Å². The van der Waals surface area contributed by atoms with Crippen molar-refractivity contribution in [1.82, 2.24) is 14.7 Å². The first-order valence-electron chi connectivity index (χ1n) is 10.2. The highest BCUT2D eigenvalue weighted by molar-refractivity contribution is 5.59. The van der Waals surface area contributed by atoms with E-state index in [1.165, 1.54) is 0 Å². The van der Waals surface area contributed by atoms with E-state index in [1.807, 2.05) is 34.9 Å². The third-order valence-corrected chi connectivity index (χ3v) is 5.64. The molecule has 0 radical (unpaired) electrons. The van der Waals surface area contributed by atoms with Gasteiger partial charge in [0.25, 0.3) is 0 Å². The van der Waals surface area contributed by atoms with Crippen LogP contribution in [0, 0.1) is 17.8 Å². The smallest absolute Gasteiger partial charge is 0.167 e. The third kappa shape index (κ3) is 4.40. The minimum Gasteiger partial charge on any atom is -0.393 e. The Balaban J connectivity index is 1.47. The van der Waals surface area contributed by atoms with Crippen molar-refractivity contribution in [3.8, 4) is 23.2 Å². The maximum atomic E-state index is 9.93. The van der Waals surface area contributed by atoms with E-state index in [0.717, 1.165) is 11.1 Å². The van der Waals surface area contributed by atoms with Crippen LogP contribution >= 0.6 is 0 Å². The van der Waals surface area contributed by atoms with E-state index in [2.05, 4.69) is 22.0 Å². The second-order valence-corrected chi connectivity index (χ2v) is 8.07. The first-order chi connectivity index (χ1) is 14.9. The number of aromatic nitrogens is 3. The molecule has 0 saturated heterocycles. The second kappa shape index (κ2) is 8.65. The minimum absolute atomic E-state index is 0.108. The van der Waals surface area contributed by atoms with Crippen molar-refractivity contribution in [2.75, 3.05) is 13.2 Å². The molecule has 5 N–H and O–H groups in total. The predicted molar refractivity (Wildman–Crippen MR) is 114 cm³/mol. The van der Waals surface area contributed by atoms with Gasteiger partial charge in [0.2, 0.25) is 0 Å². The molecule has 2 heterocycles. The highest BCUT2D eigenvalue weighted by Gasteiger charge is 2.41. The molecule has 1 aromatic carbocycles. The molecule has 2 atom stereocenters. The molecule has 0 aliphatic heterocycles. The summed E-state index contributed by atoms with van der Waals surface area (Å²) in [5, 5.41) is 33.1. The van der Waals surface area contributed by atoms with E-state index in [-0.39, 0.29) is 25.1 Å². The fraction of sp³-hybridized carbons (Fsp3) is 0.391. The Labute approximate surface area is 180 Å². The van der Waals surface area contributed by atoms with E-state index in [0.29, 0.717) is 30.1 Å². The molecule has 8 heteroatoms. The highest BCUT2D eigenvalue weighted by atomic mass is 16.5. The Kier molecular flexibility index (Phi) is 5.94. The van der Waals surface area contributed by atoms with Crippen molar-refractivity contribution in [1.29, 1.82) is 0 Å². The average Bonchev–Trinajstić information content (AvgIpc) is 3.42. The molecule has 1 saturated carbocycles. The van der Waals surface area contributed by atoms with Crippen LogP contribution in [0.3, 0.4) is 0 Å². The molecule has 31 heavy (non-hydrogen) atoms. The van der Waals surface area contributed by atoms with Crippen LogP contribution in [0.25, 0.3) is 11.3 Å². The van der Waals surface area contributed by atoms with E-state index in [1.54, 1.807) is 19.3 Å². The summed E-state index contributed by atoms with van der Waals surface area (Å²) in [6.45, 7) is 1.72. The molecule has 162 valence electrons. The molecule has 2 aromatic heterocycles. The van der Waals surface area contributed by atoms with Gasteiger partial charge in [-0.15, -0.1) is 0 Å². The van der Waals surface area contributed by atoms with Crippen LogP contribution in [-0.4, -0.2) is 48.8 Å². The number of imidazole rings is 1. The zero-order valence-corrected chi connectivity index (χ0v) is 17.3. The number of rotatable bonds is 6. The summed E-state index contributed by atoms with van der Waals surface area (Å²) in [4.78, 5) is 4.20. The van der Waals surface area contributed by atoms with Gasteiger partial charge in [-0.05, 0) is 44.0 Å². The van der Waals surface area contributed by atoms with Gasteiger partial charge in [0.1, 0.15) is 17.6 Å². The predicted octanol–water partition coefficient (Wildman–Crippen LogP) is 1.62. The summed E-state index contributed by atoms with van der Waals surface area (Å²) >= 11 is 0. The van der Waals surface area contributed by atoms with Gasteiger partial charge in [0.15, 0.2) is 5.76 Å². The van der Waals surface area contributed by atoms with E-state index in [9.17, 15) is 10.2 Å². The molecule has 0 bridgehead atoms. The number of aliphatic hydroxyl groups excluding tert-OH is 2. The number of hydrogen-bond acceptors (Lipinski definition) is 7. The zero-order valence-electron chi connectivity index (χ0n) is 17.3. The van der Waals surface area contributed by atoms with Crippen LogP contribution in [0.4, 0.5) is 0 Å². The Morgan fingerprint density at radius 1 is 1.32 bits per heavy atom. The van der Waals surface area contributed by atoms with Crippen molar-refractivity contribution >= 4 is 0 Å². The third-order valence-electron chi connectivity index (χ3n) is 5.64. The second-order valence-electron chi connectivity index (χ2n) is 8.07. The maximum absolute atomic E-state index is 9.93. The Hall–Kier alpha value is -2.96. The van der Waals surface area contributed by atoms with Crippen molar-refractivity contribution in [2.24, 2.45) is 11.7 Å². The quantitative estimate of drug-likeness (QED) is 0.444. The number of nitrogens with zero attached hydrogens (tertiary/aromatic N) is 3. The lowest BCUT2D eigenvalue weighted by Gasteiger charge is -2.39. The van der Waals surface area contributed by atoms with Crippen LogP contribution in [0.2, 0.25) is 0 Å². The fourth-order valence-electron chi connectivity index (χ4n) is 3.86. The summed E-state index contributed by atoms with van der Waals surface area (Å²) in [6.07, 6.45) is 3.68. The molecule has 1 fully saturated rings. The molecule has 0 spiro atoms. The lowest BCUT2D eigenvalue weighted by Crippen LogP contribution is -2.46. The standard InChI is InChI=1S/C23H26N4O4/c1-15(29)22-25-8-9-27(22)20(13-24)19-10-21(31-26-19)18-6-4-16(5-7-18)2-3-17-11-23(30,12-17)14-28/h4-10,15,17,20,28-30H,11-14,24H2,1H3/t15-,17-,20+,23-/m0/s1. The summed E-state index contributed by atoms with van der Waals surface area (Å²) in [5.41, 5.74) is 7.40. The maximum Gasteiger partial charge on any atom is 0.167 e. The van der Waals surface area contributed by atoms with Gasteiger partial charge in [0, 0.05) is 42.0 Å². The largest absolute Gasteiger partial charge is 0.393 e. The van der Waals surface area contributed by atoms with Crippen molar-refractivity contribution in [2.45, 2.75) is 37.5 Å². The molecule has 8 nitrogen and oxygen atoms in total. The van der Waals surface area contributed by atoms with Gasteiger partial charge < -0.3 is 30.1 Å². The summed E-state index contributed by atoms with van der Waals surface area (Å²) in [5.74, 6) is 7.49. The molecule has 0 unspecified atom stereocenters. The van der Waals surface area contributed by atoms with Crippen LogP contribution in [0.5, 0.6) is 0 Å². The lowest BCUT2D eigenvalue weighted by atomic mass is 9.72. The van der Waals surface area contributed by atoms with Crippen molar-refractivity contribution < 1.29 is 19.8 Å². The molecule has 3 aromatic rings. The van der Waals surface area contributed by atoms with Gasteiger partial charge in [-0.2, -0.15) is 0 Å². The SMILES string of the molecule is C[C@H](O)c1nccn1[C@H](CN)c1cc(-c2ccc(C#C[C@H]3C[C@@](O)(CO)C3)cc2)on1. The van der Waals surface area contributed by atoms with Gasteiger partial charge in [-0.25, -0.2) is 4.98 Å². The van der Waals surface area contributed by atoms with Crippen molar-refractivity contribution in [3.63, 3.8) is 0 Å². The monoisotopic (exact) mass is 422 g/mol. The number of benzene rings is 1. The number of nitrogens with two attached hydrogens (primary N) is 1. The van der Waals surface area contributed by atoms with Crippen molar-refractivity contribution in [3.05, 3.63) is 59.8 Å². The molecular formula is C23H26N4O4. The van der Waals surface area contributed by atoms with Crippen LogP contribution in [0.15, 0.2) is 47.2 Å². The Bertz CT molecular complexity index is 1080. The molecule has 1 aliphatic carbocycles. The highest BCUT2D eigenvalue weighted by Crippen LogP contribution is 2.36. The minimum atomic E-state index is -0.957. The van der Waals surface area contributed by atoms with E-state index >= 15 is 0 Å². The van der Waals surface area contributed by atoms with Crippen LogP contribution in [0.1, 0.15) is 49.0 Å². The normalized spacial score (nSPS) is 22.3. The molecule has 4 rings (SSSR count). The molecule has 0 amide bonds. The lowest BCUT2D eigenvalue weighted by molar-refractivity contribution is -0.0926. The molecular weight excluding hydrogens is 396 g/mol.